The van der Waals surface area contributed by atoms with Crippen molar-refractivity contribution in [2.75, 3.05) is 38.3 Å². The van der Waals surface area contributed by atoms with Gasteiger partial charge in [-0.1, -0.05) is 18.2 Å². The minimum atomic E-state index is -0.132. The fourth-order valence-corrected chi connectivity index (χ4v) is 3.01. The lowest BCUT2D eigenvalue weighted by Gasteiger charge is -2.31. The first kappa shape index (κ1) is 16.1. The summed E-state index contributed by atoms with van der Waals surface area (Å²) < 4.78 is 11.3. The van der Waals surface area contributed by atoms with Gasteiger partial charge in [-0.05, 0) is 39.7 Å². The SMILES string of the molecule is CN(Cc1ccccc1N1CCOCC1)C(=O)c1ccc(Br)o1. The van der Waals surface area contributed by atoms with Crippen molar-refractivity contribution in [3.8, 4) is 0 Å². The van der Waals surface area contributed by atoms with Gasteiger partial charge in [-0.2, -0.15) is 0 Å². The van der Waals surface area contributed by atoms with Crippen molar-refractivity contribution in [3.05, 3.63) is 52.4 Å². The number of hydrogen-bond donors (Lipinski definition) is 0. The first-order chi connectivity index (χ1) is 11.1. The number of morpholine rings is 1. The molecule has 6 heteroatoms. The van der Waals surface area contributed by atoms with Gasteiger partial charge in [0.1, 0.15) is 0 Å². The van der Waals surface area contributed by atoms with Crippen LogP contribution < -0.4 is 4.90 Å². The van der Waals surface area contributed by atoms with E-state index >= 15 is 0 Å². The number of anilines is 1. The molecule has 1 aliphatic rings. The Kier molecular flexibility index (Phi) is 5.03. The van der Waals surface area contributed by atoms with Crippen LogP contribution in [-0.4, -0.2) is 44.2 Å². The van der Waals surface area contributed by atoms with Gasteiger partial charge in [0.05, 0.1) is 13.2 Å². The average Bonchev–Trinajstić information content (AvgIpc) is 3.02. The summed E-state index contributed by atoms with van der Waals surface area (Å²) in [6.07, 6.45) is 0. The predicted molar refractivity (Wildman–Crippen MR) is 91.7 cm³/mol. The number of rotatable bonds is 4. The van der Waals surface area contributed by atoms with Crippen LogP contribution in [0.25, 0.3) is 0 Å². The molecule has 3 rings (SSSR count). The van der Waals surface area contributed by atoms with E-state index < -0.39 is 0 Å². The number of carbonyl (C=O) groups excluding carboxylic acids is 1. The van der Waals surface area contributed by atoms with Crippen LogP contribution in [-0.2, 0) is 11.3 Å². The highest BCUT2D eigenvalue weighted by Crippen LogP contribution is 2.23. The van der Waals surface area contributed by atoms with Gasteiger partial charge in [0, 0.05) is 32.4 Å². The predicted octanol–water partition coefficient (Wildman–Crippen LogP) is 3.15. The van der Waals surface area contributed by atoms with Crippen LogP contribution in [0.1, 0.15) is 16.1 Å². The summed E-state index contributed by atoms with van der Waals surface area (Å²) in [4.78, 5) is 16.4. The number of para-hydroxylation sites is 1. The van der Waals surface area contributed by atoms with Crippen LogP contribution in [0.2, 0.25) is 0 Å². The van der Waals surface area contributed by atoms with Crippen molar-refractivity contribution in [1.82, 2.24) is 4.90 Å². The Balaban J connectivity index is 1.75. The monoisotopic (exact) mass is 378 g/mol. The third-order valence-electron chi connectivity index (χ3n) is 3.88. The maximum Gasteiger partial charge on any atom is 0.289 e. The van der Waals surface area contributed by atoms with Crippen molar-refractivity contribution < 1.29 is 13.9 Å². The molecular formula is C17H19BrN2O3. The number of ether oxygens (including phenoxy) is 1. The van der Waals surface area contributed by atoms with E-state index in [-0.39, 0.29) is 5.91 Å². The second-order valence-electron chi connectivity index (χ2n) is 5.49. The number of hydrogen-bond acceptors (Lipinski definition) is 4. The Morgan fingerprint density at radius 3 is 2.65 bits per heavy atom. The number of nitrogens with zero attached hydrogens (tertiary/aromatic N) is 2. The largest absolute Gasteiger partial charge is 0.444 e. The summed E-state index contributed by atoms with van der Waals surface area (Å²) in [5.41, 5.74) is 2.28. The highest BCUT2D eigenvalue weighted by Gasteiger charge is 2.19. The van der Waals surface area contributed by atoms with E-state index in [2.05, 4.69) is 33.0 Å². The second-order valence-corrected chi connectivity index (χ2v) is 6.27. The lowest BCUT2D eigenvalue weighted by Crippen LogP contribution is -2.37. The molecule has 1 saturated heterocycles. The fourth-order valence-electron chi connectivity index (χ4n) is 2.70. The van der Waals surface area contributed by atoms with E-state index in [1.165, 1.54) is 0 Å². The van der Waals surface area contributed by atoms with E-state index in [1.54, 1.807) is 24.1 Å². The summed E-state index contributed by atoms with van der Waals surface area (Å²) in [5.74, 6) is 0.204. The molecule has 0 unspecified atom stereocenters. The lowest BCUT2D eigenvalue weighted by molar-refractivity contribution is 0.0752. The van der Waals surface area contributed by atoms with Crippen LogP contribution in [0.5, 0.6) is 0 Å². The minimum absolute atomic E-state index is 0.132. The molecule has 1 aliphatic heterocycles. The Morgan fingerprint density at radius 2 is 1.96 bits per heavy atom. The van der Waals surface area contributed by atoms with E-state index in [4.69, 9.17) is 9.15 Å². The lowest BCUT2D eigenvalue weighted by atomic mass is 10.1. The summed E-state index contributed by atoms with van der Waals surface area (Å²) in [6.45, 7) is 3.76. The molecule has 1 amide bonds. The third kappa shape index (κ3) is 3.76. The summed E-state index contributed by atoms with van der Waals surface area (Å²) in [5, 5.41) is 0. The van der Waals surface area contributed by atoms with Crippen molar-refractivity contribution in [3.63, 3.8) is 0 Å². The maximum atomic E-state index is 12.4. The maximum absolute atomic E-state index is 12.4. The average molecular weight is 379 g/mol. The molecule has 1 aromatic heterocycles. The molecule has 0 saturated carbocycles. The Hall–Kier alpha value is -1.79. The zero-order chi connectivity index (χ0) is 16.2. The first-order valence-corrected chi connectivity index (χ1v) is 8.36. The van der Waals surface area contributed by atoms with Gasteiger partial charge in [0.15, 0.2) is 10.4 Å². The van der Waals surface area contributed by atoms with Gasteiger partial charge in [-0.25, -0.2) is 0 Å². The number of benzene rings is 1. The number of halogens is 1. The summed E-state index contributed by atoms with van der Waals surface area (Å²) >= 11 is 3.22. The highest BCUT2D eigenvalue weighted by atomic mass is 79.9. The van der Waals surface area contributed by atoms with Gasteiger partial charge in [0.25, 0.3) is 5.91 Å². The Bertz CT molecular complexity index is 680. The molecule has 5 nitrogen and oxygen atoms in total. The molecule has 0 spiro atoms. The number of carbonyl (C=O) groups is 1. The first-order valence-electron chi connectivity index (χ1n) is 7.56. The molecule has 1 aromatic carbocycles. The standard InChI is InChI=1S/C17H19BrN2O3/c1-19(17(21)15-6-7-16(18)23-15)12-13-4-2-3-5-14(13)20-8-10-22-11-9-20/h2-7H,8-12H2,1H3. The molecule has 0 bridgehead atoms. The third-order valence-corrected chi connectivity index (χ3v) is 4.31. The van der Waals surface area contributed by atoms with Crippen LogP contribution in [0.3, 0.4) is 0 Å². The van der Waals surface area contributed by atoms with Crippen LogP contribution in [0, 0.1) is 0 Å². The van der Waals surface area contributed by atoms with Gasteiger partial charge in [-0.15, -0.1) is 0 Å². The van der Waals surface area contributed by atoms with E-state index in [9.17, 15) is 4.79 Å². The Morgan fingerprint density at radius 1 is 1.22 bits per heavy atom. The van der Waals surface area contributed by atoms with Gasteiger partial charge in [-0.3, -0.25) is 4.79 Å². The smallest absolute Gasteiger partial charge is 0.289 e. The zero-order valence-electron chi connectivity index (χ0n) is 13.0. The normalized spacial score (nSPS) is 14.8. The van der Waals surface area contributed by atoms with E-state index in [0.29, 0.717) is 17.0 Å². The quantitative estimate of drug-likeness (QED) is 0.819. The molecule has 0 atom stereocenters. The molecule has 0 radical (unpaired) electrons. The van der Waals surface area contributed by atoms with Crippen molar-refractivity contribution in [2.45, 2.75) is 6.54 Å². The highest BCUT2D eigenvalue weighted by molar-refractivity contribution is 9.10. The van der Waals surface area contributed by atoms with Crippen LogP contribution >= 0.6 is 15.9 Å². The topological polar surface area (TPSA) is 45.9 Å². The molecule has 122 valence electrons. The molecule has 23 heavy (non-hydrogen) atoms. The number of amides is 1. The minimum Gasteiger partial charge on any atom is -0.444 e. The second kappa shape index (κ2) is 7.19. The summed E-state index contributed by atoms with van der Waals surface area (Å²) in [7, 11) is 1.79. The molecule has 1 fully saturated rings. The van der Waals surface area contributed by atoms with Crippen LogP contribution in [0.4, 0.5) is 5.69 Å². The molecule has 2 heterocycles. The van der Waals surface area contributed by atoms with Gasteiger partial charge >= 0.3 is 0 Å². The molecule has 2 aromatic rings. The van der Waals surface area contributed by atoms with E-state index in [0.717, 1.165) is 37.6 Å². The zero-order valence-corrected chi connectivity index (χ0v) is 14.6. The molecular weight excluding hydrogens is 360 g/mol. The molecule has 0 N–H and O–H groups in total. The number of furan rings is 1. The van der Waals surface area contributed by atoms with Crippen molar-refractivity contribution >= 4 is 27.5 Å². The fraction of sp³-hybridized carbons (Fsp3) is 0.353. The van der Waals surface area contributed by atoms with Gasteiger partial charge < -0.3 is 19.0 Å². The van der Waals surface area contributed by atoms with Gasteiger partial charge in [0.2, 0.25) is 0 Å². The molecule has 0 aliphatic carbocycles. The summed E-state index contributed by atoms with van der Waals surface area (Å²) in [6, 6.07) is 11.6. The van der Waals surface area contributed by atoms with Crippen LogP contribution in [0.15, 0.2) is 45.5 Å². The van der Waals surface area contributed by atoms with Crippen molar-refractivity contribution in [1.29, 1.82) is 0 Å². The van der Waals surface area contributed by atoms with E-state index in [1.807, 2.05) is 12.1 Å². The Labute approximate surface area is 143 Å². The van der Waals surface area contributed by atoms with Crippen molar-refractivity contribution in [2.24, 2.45) is 0 Å².